The fourth-order valence-corrected chi connectivity index (χ4v) is 11.3. The summed E-state index contributed by atoms with van der Waals surface area (Å²) < 4.78 is 4.79. The Morgan fingerprint density at radius 3 is 2.68 bits per heavy atom. The standard InChI is InChI=1S/C17H26O2S2Si/c1-19-17(18)11-7-10-16(15-12-13-20-21-15)22(2,3)14-8-5-4-6-9-14/h4-6,8-9,15-16H,7,10-13H2,1-3H3. The minimum absolute atomic E-state index is 0.0774. The van der Waals surface area contributed by atoms with E-state index in [0.29, 0.717) is 6.42 Å². The summed E-state index contributed by atoms with van der Waals surface area (Å²) in [6.07, 6.45) is 3.95. The Morgan fingerprint density at radius 1 is 1.36 bits per heavy atom. The summed E-state index contributed by atoms with van der Waals surface area (Å²) in [6.45, 7) is 4.99. The lowest BCUT2D eigenvalue weighted by Crippen LogP contribution is -2.49. The number of carbonyl (C=O) groups is 1. The van der Waals surface area contributed by atoms with Gasteiger partial charge in [0.05, 0.1) is 15.2 Å². The first-order valence-electron chi connectivity index (χ1n) is 7.96. The van der Waals surface area contributed by atoms with Crippen molar-refractivity contribution in [2.45, 2.75) is 49.6 Å². The average molecular weight is 355 g/mol. The van der Waals surface area contributed by atoms with Gasteiger partial charge in [-0.05, 0) is 18.4 Å². The molecule has 1 aliphatic heterocycles. The van der Waals surface area contributed by atoms with Gasteiger partial charge < -0.3 is 4.74 Å². The summed E-state index contributed by atoms with van der Waals surface area (Å²) in [7, 11) is 4.02. The summed E-state index contributed by atoms with van der Waals surface area (Å²) in [6, 6.07) is 11.0. The van der Waals surface area contributed by atoms with Gasteiger partial charge in [-0.1, -0.05) is 76.6 Å². The van der Waals surface area contributed by atoms with Crippen LogP contribution in [0, 0.1) is 0 Å². The number of ether oxygens (including phenoxy) is 1. The first kappa shape index (κ1) is 18.0. The molecule has 1 saturated heterocycles. The summed E-state index contributed by atoms with van der Waals surface area (Å²) in [5.41, 5.74) is 0.722. The van der Waals surface area contributed by atoms with Gasteiger partial charge >= 0.3 is 5.97 Å². The van der Waals surface area contributed by atoms with Gasteiger partial charge in [-0.3, -0.25) is 4.79 Å². The smallest absolute Gasteiger partial charge is 0.305 e. The lowest BCUT2D eigenvalue weighted by atomic mass is 10.1. The highest BCUT2D eigenvalue weighted by atomic mass is 33.1. The van der Waals surface area contributed by atoms with Gasteiger partial charge in [0.2, 0.25) is 0 Å². The van der Waals surface area contributed by atoms with E-state index in [0.717, 1.165) is 23.6 Å². The van der Waals surface area contributed by atoms with E-state index in [1.807, 2.05) is 10.8 Å². The van der Waals surface area contributed by atoms with E-state index >= 15 is 0 Å². The molecule has 0 bridgehead atoms. The van der Waals surface area contributed by atoms with E-state index in [-0.39, 0.29) is 5.97 Å². The zero-order valence-corrected chi connectivity index (χ0v) is 16.3. The monoisotopic (exact) mass is 354 g/mol. The Bertz CT molecular complexity index is 473. The maximum absolute atomic E-state index is 11.4. The van der Waals surface area contributed by atoms with Crippen LogP contribution in [0.4, 0.5) is 0 Å². The molecular weight excluding hydrogens is 328 g/mol. The average Bonchev–Trinajstić information content (AvgIpc) is 3.05. The van der Waals surface area contributed by atoms with Crippen molar-refractivity contribution in [2.75, 3.05) is 12.9 Å². The highest BCUT2D eigenvalue weighted by Crippen LogP contribution is 2.48. The summed E-state index contributed by atoms with van der Waals surface area (Å²) in [5.74, 6) is 1.19. The molecule has 0 saturated carbocycles. The molecule has 1 fully saturated rings. The van der Waals surface area contributed by atoms with Crippen LogP contribution in [0.5, 0.6) is 0 Å². The Kier molecular flexibility index (Phi) is 6.90. The van der Waals surface area contributed by atoms with E-state index in [1.54, 1.807) is 0 Å². The van der Waals surface area contributed by atoms with E-state index in [9.17, 15) is 4.79 Å². The third-order valence-corrected chi connectivity index (χ3v) is 12.3. The normalized spacial score (nSPS) is 19.9. The molecule has 2 unspecified atom stereocenters. The van der Waals surface area contributed by atoms with Crippen molar-refractivity contribution in [3.63, 3.8) is 0 Å². The number of carbonyl (C=O) groups excluding carboxylic acids is 1. The van der Waals surface area contributed by atoms with Crippen molar-refractivity contribution in [1.82, 2.24) is 0 Å². The summed E-state index contributed by atoms with van der Waals surface area (Å²) in [4.78, 5) is 11.4. The molecule has 1 aromatic rings. The molecule has 0 amide bonds. The van der Waals surface area contributed by atoms with Crippen LogP contribution in [0.15, 0.2) is 30.3 Å². The first-order chi connectivity index (χ1) is 10.6. The third-order valence-electron chi connectivity index (χ3n) is 4.69. The highest BCUT2D eigenvalue weighted by Gasteiger charge is 2.40. The zero-order chi connectivity index (χ0) is 16.0. The van der Waals surface area contributed by atoms with Gasteiger partial charge in [0, 0.05) is 17.4 Å². The van der Waals surface area contributed by atoms with Crippen molar-refractivity contribution in [3.05, 3.63) is 30.3 Å². The largest absolute Gasteiger partial charge is 0.469 e. The van der Waals surface area contributed by atoms with Gasteiger partial charge in [-0.2, -0.15) is 0 Å². The minimum atomic E-state index is -1.54. The molecule has 0 spiro atoms. The lowest BCUT2D eigenvalue weighted by Gasteiger charge is -2.36. The molecule has 1 aliphatic rings. The minimum Gasteiger partial charge on any atom is -0.469 e. The molecule has 1 aromatic carbocycles. The van der Waals surface area contributed by atoms with E-state index in [1.165, 1.54) is 24.5 Å². The number of hydrogen-bond acceptors (Lipinski definition) is 4. The van der Waals surface area contributed by atoms with Gasteiger partial charge in [0.15, 0.2) is 0 Å². The van der Waals surface area contributed by atoms with Crippen molar-refractivity contribution >= 4 is 40.8 Å². The predicted molar refractivity (Wildman–Crippen MR) is 102 cm³/mol. The summed E-state index contributed by atoms with van der Waals surface area (Å²) in [5, 5.41) is 2.28. The Labute approximate surface area is 143 Å². The van der Waals surface area contributed by atoms with E-state index in [4.69, 9.17) is 4.74 Å². The molecule has 2 rings (SSSR count). The zero-order valence-electron chi connectivity index (χ0n) is 13.7. The highest BCUT2D eigenvalue weighted by molar-refractivity contribution is 8.77. The molecule has 5 heteroatoms. The second-order valence-corrected chi connectivity index (χ2v) is 13.9. The van der Waals surface area contributed by atoms with Gasteiger partial charge in [0.25, 0.3) is 0 Å². The van der Waals surface area contributed by atoms with Gasteiger partial charge in [0.1, 0.15) is 0 Å². The Morgan fingerprint density at radius 2 is 2.09 bits per heavy atom. The molecule has 2 nitrogen and oxygen atoms in total. The van der Waals surface area contributed by atoms with Crippen molar-refractivity contribution in [3.8, 4) is 0 Å². The summed E-state index contributed by atoms with van der Waals surface area (Å²) >= 11 is 0. The van der Waals surface area contributed by atoms with Crippen LogP contribution in [0.25, 0.3) is 0 Å². The quantitative estimate of drug-likeness (QED) is 0.410. The molecule has 22 heavy (non-hydrogen) atoms. The second-order valence-electron chi connectivity index (χ2n) is 6.41. The first-order valence-corrected chi connectivity index (χ1v) is 13.4. The predicted octanol–water partition coefficient (Wildman–Crippen LogP) is 4.47. The van der Waals surface area contributed by atoms with Crippen LogP contribution in [-0.4, -0.2) is 32.2 Å². The number of methoxy groups -OCH3 is 1. The fourth-order valence-electron chi connectivity index (χ4n) is 3.28. The molecule has 1 heterocycles. The van der Waals surface area contributed by atoms with E-state index in [2.05, 4.69) is 54.2 Å². The third kappa shape index (κ3) is 4.55. The molecule has 122 valence electrons. The van der Waals surface area contributed by atoms with Crippen molar-refractivity contribution in [2.24, 2.45) is 0 Å². The molecule has 0 radical (unpaired) electrons. The molecule has 0 aromatic heterocycles. The fraction of sp³-hybridized carbons (Fsp3) is 0.588. The van der Waals surface area contributed by atoms with Crippen LogP contribution in [0.1, 0.15) is 25.7 Å². The topological polar surface area (TPSA) is 26.3 Å². The molecule has 0 aliphatic carbocycles. The maximum Gasteiger partial charge on any atom is 0.305 e. The van der Waals surface area contributed by atoms with Crippen molar-refractivity contribution < 1.29 is 9.53 Å². The Balaban J connectivity index is 2.11. The lowest BCUT2D eigenvalue weighted by molar-refractivity contribution is -0.140. The van der Waals surface area contributed by atoms with Gasteiger partial charge in [-0.15, -0.1) is 0 Å². The molecule has 0 N–H and O–H groups in total. The molecular formula is C17H26O2S2Si. The maximum atomic E-state index is 11.4. The molecule has 2 atom stereocenters. The van der Waals surface area contributed by atoms with Crippen molar-refractivity contribution in [1.29, 1.82) is 0 Å². The second kappa shape index (κ2) is 8.46. The van der Waals surface area contributed by atoms with Crippen LogP contribution >= 0.6 is 21.6 Å². The number of benzene rings is 1. The SMILES string of the molecule is COC(=O)CCCC(C1CCSS1)[Si](C)(C)c1ccccc1. The van der Waals surface area contributed by atoms with E-state index < -0.39 is 8.07 Å². The Hall–Kier alpha value is -0.393. The van der Waals surface area contributed by atoms with Gasteiger partial charge in [-0.25, -0.2) is 0 Å². The van der Waals surface area contributed by atoms with Crippen LogP contribution in [-0.2, 0) is 9.53 Å². The van der Waals surface area contributed by atoms with Crippen LogP contribution in [0.2, 0.25) is 18.6 Å². The number of esters is 1. The van der Waals surface area contributed by atoms with Crippen LogP contribution < -0.4 is 5.19 Å². The number of rotatable bonds is 7. The van der Waals surface area contributed by atoms with Crippen LogP contribution in [0.3, 0.4) is 0 Å². The number of hydrogen-bond donors (Lipinski definition) is 0.